The number of benzene rings is 1. The SMILES string of the molecule is CCCCCCCCCCCCc1ccc([Si]O)cc1. The van der Waals surface area contributed by atoms with Crippen LogP contribution in [0.5, 0.6) is 0 Å². The molecule has 0 saturated carbocycles. The van der Waals surface area contributed by atoms with Gasteiger partial charge in [0.25, 0.3) is 9.76 Å². The van der Waals surface area contributed by atoms with Crippen LogP contribution in [0, 0.1) is 0 Å². The van der Waals surface area contributed by atoms with Crippen LogP contribution in [-0.4, -0.2) is 14.6 Å². The molecule has 0 aromatic heterocycles. The minimum atomic E-state index is -0.0722. The average molecular weight is 291 g/mol. The summed E-state index contributed by atoms with van der Waals surface area (Å²) >= 11 is 0. The molecule has 0 aliphatic carbocycles. The quantitative estimate of drug-likeness (QED) is 0.447. The fourth-order valence-corrected chi connectivity index (χ4v) is 2.88. The maximum Gasteiger partial charge on any atom is 0.265 e. The predicted molar refractivity (Wildman–Crippen MR) is 89.6 cm³/mol. The number of rotatable bonds is 12. The van der Waals surface area contributed by atoms with Gasteiger partial charge in [0.15, 0.2) is 0 Å². The molecule has 0 saturated heterocycles. The van der Waals surface area contributed by atoms with E-state index in [0.29, 0.717) is 0 Å². The molecule has 2 heteroatoms. The van der Waals surface area contributed by atoms with Crippen LogP contribution in [0.4, 0.5) is 0 Å². The first-order valence-corrected chi connectivity index (χ1v) is 9.30. The summed E-state index contributed by atoms with van der Waals surface area (Å²) in [5.41, 5.74) is 1.41. The van der Waals surface area contributed by atoms with Gasteiger partial charge in [-0.05, 0) is 23.6 Å². The second-order valence-corrected chi connectivity index (χ2v) is 6.54. The van der Waals surface area contributed by atoms with Gasteiger partial charge in [-0.2, -0.15) is 0 Å². The summed E-state index contributed by atoms with van der Waals surface area (Å²) in [7, 11) is -0.0722. The summed E-state index contributed by atoms with van der Waals surface area (Å²) in [6.07, 6.45) is 15.1. The molecule has 0 aliphatic heterocycles. The Morgan fingerprint density at radius 2 is 1.25 bits per heavy atom. The summed E-state index contributed by atoms with van der Waals surface area (Å²) < 4.78 is 0. The summed E-state index contributed by atoms with van der Waals surface area (Å²) in [6, 6.07) is 8.41. The number of aryl methyl sites for hydroxylation is 1. The molecule has 112 valence electrons. The largest absolute Gasteiger partial charge is 0.428 e. The van der Waals surface area contributed by atoms with Crippen molar-refractivity contribution in [1.82, 2.24) is 0 Å². The monoisotopic (exact) mass is 290 g/mol. The molecule has 1 nitrogen and oxygen atoms in total. The Morgan fingerprint density at radius 3 is 1.75 bits per heavy atom. The van der Waals surface area contributed by atoms with Crippen molar-refractivity contribution in [2.75, 3.05) is 0 Å². The second-order valence-electron chi connectivity index (χ2n) is 5.74. The molecule has 2 radical (unpaired) electrons. The van der Waals surface area contributed by atoms with E-state index in [1.54, 1.807) is 0 Å². The summed E-state index contributed by atoms with van der Waals surface area (Å²) in [4.78, 5) is 9.02. The van der Waals surface area contributed by atoms with E-state index in [1.807, 2.05) is 12.1 Å². The fourth-order valence-electron chi connectivity index (χ4n) is 2.56. The summed E-state index contributed by atoms with van der Waals surface area (Å²) in [5.74, 6) is 0. The average Bonchev–Trinajstić information content (AvgIpc) is 2.50. The van der Waals surface area contributed by atoms with Crippen molar-refractivity contribution in [3.8, 4) is 0 Å². The van der Waals surface area contributed by atoms with Crippen molar-refractivity contribution >= 4 is 14.9 Å². The molecule has 0 amide bonds. The first-order valence-electron chi connectivity index (χ1n) is 8.36. The van der Waals surface area contributed by atoms with E-state index in [-0.39, 0.29) is 9.76 Å². The summed E-state index contributed by atoms with van der Waals surface area (Å²) in [5, 5.41) is 1.04. The molecule has 0 aliphatic rings. The number of hydrogen-bond acceptors (Lipinski definition) is 1. The summed E-state index contributed by atoms with van der Waals surface area (Å²) in [6.45, 7) is 2.28. The lowest BCUT2D eigenvalue weighted by Crippen LogP contribution is -2.12. The van der Waals surface area contributed by atoms with Crippen molar-refractivity contribution in [2.24, 2.45) is 0 Å². The van der Waals surface area contributed by atoms with Gasteiger partial charge in [0.2, 0.25) is 0 Å². The molecule has 0 spiro atoms. The Labute approximate surface area is 127 Å². The number of hydrogen-bond donors (Lipinski definition) is 1. The van der Waals surface area contributed by atoms with Crippen LogP contribution in [-0.2, 0) is 6.42 Å². The standard InChI is InChI=1S/C18H30OSi/c1-2-3-4-5-6-7-8-9-10-11-12-17-13-15-18(20-19)16-14-17/h13-16,19H,2-12H2,1H3. The van der Waals surface area contributed by atoms with Crippen molar-refractivity contribution < 1.29 is 4.80 Å². The molecular formula is C18H30OSi. The molecule has 20 heavy (non-hydrogen) atoms. The maximum atomic E-state index is 9.02. The van der Waals surface area contributed by atoms with Crippen molar-refractivity contribution in [3.63, 3.8) is 0 Å². The van der Waals surface area contributed by atoms with E-state index < -0.39 is 0 Å². The molecule has 0 fully saturated rings. The van der Waals surface area contributed by atoms with Gasteiger partial charge in [-0.3, -0.25) is 0 Å². The minimum absolute atomic E-state index is 0.0722. The Morgan fingerprint density at radius 1 is 0.750 bits per heavy atom. The van der Waals surface area contributed by atoms with Gasteiger partial charge < -0.3 is 4.80 Å². The topological polar surface area (TPSA) is 20.2 Å². The molecule has 1 N–H and O–H groups in total. The van der Waals surface area contributed by atoms with E-state index in [4.69, 9.17) is 4.80 Å². The predicted octanol–water partition coefficient (Wildman–Crippen LogP) is 4.39. The highest BCUT2D eigenvalue weighted by Crippen LogP contribution is 2.12. The fraction of sp³-hybridized carbons (Fsp3) is 0.667. The molecular weight excluding hydrogens is 260 g/mol. The van der Waals surface area contributed by atoms with Gasteiger partial charge >= 0.3 is 0 Å². The van der Waals surface area contributed by atoms with Gasteiger partial charge in [0.1, 0.15) is 0 Å². The smallest absolute Gasteiger partial charge is 0.265 e. The molecule has 0 bridgehead atoms. The Kier molecular flexibility index (Phi) is 10.6. The zero-order valence-electron chi connectivity index (χ0n) is 13.0. The van der Waals surface area contributed by atoms with Gasteiger partial charge in [-0.25, -0.2) is 0 Å². The van der Waals surface area contributed by atoms with Crippen LogP contribution in [0.15, 0.2) is 24.3 Å². The van der Waals surface area contributed by atoms with Crippen LogP contribution >= 0.6 is 0 Å². The van der Waals surface area contributed by atoms with E-state index in [9.17, 15) is 0 Å². The Hall–Kier alpha value is -0.603. The van der Waals surface area contributed by atoms with Gasteiger partial charge in [0, 0.05) is 0 Å². The zero-order valence-corrected chi connectivity index (χ0v) is 14.0. The van der Waals surface area contributed by atoms with Crippen LogP contribution < -0.4 is 5.19 Å². The van der Waals surface area contributed by atoms with E-state index in [2.05, 4.69) is 19.1 Å². The lowest BCUT2D eigenvalue weighted by atomic mass is 10.0. The Balaban J connectivity index is 1.91. The highest BCUT2D eigenvalue weighted by atomic mass is 28.2. The van der Waals surface area contributed by atoms with Crippen molar-refractivity contribution in [2.45, 2.75) is 77.6 Å². The first-order chi connectivity index (χ1) is 9.86. The normalized spacial score (nSPS) is 10.9. The van der Waals surface area contributed by atoms with Crippen LogP contribution in [0.1, 0.15) is 76.7 Å². The van der Waals surface area contributed by atoms with Crippen LogP contribution in [0.25, 0.3) is 0 Å². The third-order valence-electron chi connectivity index (χ3n) is 3.90. The van der Waals surface area contributed by atoms with Crippen molar-refractivity contribution in [3.05, 3.63) is 29.8 Å². The molecule has 0 unspecified atom stereocenters. The van der Waals surface area contributed by atoms with E-state index in [1.165, 1.54) is 76.2 Å². The maximum absolute atomic E-state index is 9.02. The highest BCUT2D eigenvalue weighted by molar-refractivity contribution is 6.45. The van der Waals surface area contributed by atoms with E-state index in [0.717, 1.165) is 5.19 Å². The molecule has 0 heterocycles. The van der Waals surface area contributed by atoms with Gasteiger partial charge in [-0.1, -0.05) is 89.0 Å². The Bertz CT molecular complexity index is 321. The molecule has 1 aromatic carbocycles. The third kappa shape index (κ3) is 8.54. The van der Waals surface area contributed by atoms with Crippen LogP contribution in [0.3, 0.4) is 0 Å². The number of unbranched alkanes of at least 4 members (excludes halogenated alkanes) is 9. The lowest BCUT2D eigenvalue weighted by Gasteiger charge is -2.03. The van der Waals surface area contributed by atoms with Crippen LogP contribution in [0.2, 0.25) is 0 Å². The van der Waals surface area contributed by atoms with Gasteiger partial charge in [-0.15, -0.1) is 0 Å². The molecule has 1 aromatic rings. The van der Waals surface area contributed by atoms with E-state index >= 15 is 0 Å². The first kappa shape index (κ1) is 17.4. The molecule has 0 atom stereocenters. The molecule has 1 rings (SSSR count). The highest BCUT2D eigenvalue weighted by Gasteiger charge is 1.96. The zero-order chi connectivity index (χ0) is 14.5. The van der Waals surface area contributed by atoms with Crippen molar-refractivity contribution in [1.29, 1.82) is 0 Å². The van der Waals surface area contributed by atoms with Gasteiger partial charge in [0.05, 0.1) is 0 Å². The second kappa shape index (κ2) is 12.2. The minimum Gasteiger partial charge on any atom is -0.428 e. The lowest BCUT2D eigenvalue weighted by molar-refractivity contribution is 0.556. The third-order valence-corrected chi connectivity index (χ3v) is 4.49.